The van der Waals surface area contributed by atoms with Gasteiger partial charge in [-0.1, -0.05) is 25.8 Å². The van der Waals surface area contributed by atoms with E-state index in [1.165, 1.54) is 6.07 Å². The molecule has 3 rings (SSSR count). The molecular formula is C29H40F2N4O4. The summed E-state index contributed by atoms with van der Waals surface area (Å²) in [5.41, 5.74) is 1.50. The monoisotopic (exact) mass is 546 g/mol. The first-order valence-corrected chi connectivity index (χ1v) is 13.7. The lowest BCUT2D eigenvalue weighted by Crippen LogP contribution is -2.43. The third kappa shape index (κ3) is 9.18. The summed E-state index contributed by atoms with van der Waals surface area (Å²) in [6, 6.07) is 6.87. The highest BCUT2D eigenvalue weighted by atomic mass is 19.1. The normalized spacial score (nSPS) is 13.4. The second-order valence-corrected chi connectivity index (χ2v) is 9.85. The van der Waals surface area contributed by atoms with Crippen LogP contribution in [0.3, 0.4) is 0 Å². The Morgan fingerprint density at radius 2 is 1.85 bits per heavy atom. The van der Waals surface area contributed by atoms with Crippen molar-refractivity contribution < 1.29 is 28.2 Å². The first-order valence-electron chi connectivity index (χ1n) is 13.7. The summed E-state index contributed by atoms with van der Waals surface area (Å²) in [7, 11) is 0. The number of phenolic OH excluding ortho intramolecular Hbond substituents is 1. The van der Waals surface area contributed by atoms with Crippen LogP contribution in [0.5, 0.6) is 11.5 Å². The second kappa shape index (κ2) is 15.4. The van der Waals surface area contributed by atoms with Gasteiger partial charge in [0.15, 0.2) is 12.4 Å². The number of carbonyl (C=O) groups is 2. The SMILES string of the molecule is CCCC[C@@H](C)N(CCNCCc1ccc(O)c2c1OCC(=O)N2)C(=O)CCNCCc1cc(F)ccc1F. The van der Waals surface area contributed by atoms with Gasteiger partial charge in [0.05, 0.1) is 0 Å². The van der Waals surface area contributed by atoms with Crippen LogP contribution in [0.1, 0.15) is 50.7 Å². The van der Waals surface area contributed by atoms with E-state index in [-0.39, 0.29) is 30.2 Å². The van der Waals surface area contributed by atoms with Crippen molar-refractivity contribution in [1.29, 1.82) is 0 Å². The predicted octanol–water partition coefficient (Wildman–Crippen LogP) is 3.76. The summed E-state index contributed by atoms with van der Waals surface area (Å²) < 4.78 is 32.7. The van der Waals surface area contributed by atoms with Crippen molar-refractivity contribution in [2.45, 2.75) is 58.4 Å². The summed E-state index contributed by atoms with van der Waals surface area (Å²) in [6.07, 6.45) is 4.33. The van der Waals surface area contributed by atoms with Gasteiger partial charge in [0.1, 0.15) is 23.1 Å². The minimum absolute atomic E-state index is 0.0272. The number of rotatable bonds is 16. The Labute approximate surface area is 229 Å². The first kappa shape index (κ1) is 30.3. The van der Waals surface area contributed by atoms with Gasteiger partial charge in [0.25, 0.3) is 5.91 Å². The third-order valence-corrected chi connectivity index (χ3v) is 6.85. The van der Waals surface area contributed by atoms with E-state index in [1.54, 1.807) is 12.1 Å². The Balaban J connectivity index is 1.44. The molecule has 8 nitrogen and oxygen atoms in total. The van der Waals surface area contributed by atoms with Gasteiger partial charge in [-0.25, -0.2) is 8.78 Å². The Kier molecular flexibility index (Phi) is 11.9. The molecule has 1 aliphatic heterocycles. The molecule has 1 atom stereocenters. The molecule has 1 heterocycles. The molecule has 0 fully saturated rings. The van der Waals surface area contributed by atoms with Gasteiger partial charge in [-0.05, 0) is 74.7 Å². The molecule has 0 radical (unpaired) electrons. The Bertz CT molecular complexity index is 1110. The van der Waals surface area contributed by atoms with E-state index in [0.717, 1.165) is 37.0 Å². The Morgan fingerprint density at radius 1 is 1.10 bits per heavy atom. The molecule has 0 aromatic heterocycles. The highest BCUT2D eigenvalue weighted by Gasteiger charge is 2.22. The first-order chi connectivity index (χ1) is 18.8. The number of benzene rings is 2. The number of hydrogen-bond acceptors (Lipinski definition) is 6. The van der Waals surface area contributed by atoms with Crippen molar-refractivity contribution in [3.05, 3.63) is 53.1 Å². The molecule has 4 N–H and O–H groups in total. The van der Waals surface area contributed by atoms with Crippen LogP contribution < -0.4 is 20.7 Å². The van der Waals surface area contributed by atoms with E-state index in [0.29, 0.717) is 69.0 Å². The number of nitrogens with zero attached hydrogens (tertiary/aromatic N) is 1. The molecule has 0 aliphatic carbocycles. The molecule has 0 bridgehead atoms. The summed E-state index contributed by atoms with van der Waals surface area (Å²) in [6.45, 7) is 6.85. The van der Waals surface area contributed by atoms with E-state index < -0.39 is 11.6 Å². The van der Waals surface area contributed by atoms with E-state index in [1.807, 2.05) is 4.90 Å². The molecule has 0 saturated carbocycles. The van der Waals surface area contributed by atoms with Crippen LogP contribution in [-0.4, -0.2) is 67.2 Å². The number of fused-ring (bicyclic) bond motifs is 1. The van der Waals surface area contributed by atoms with E-state index in [9.17, 15) is 23.5 Å². The fraction of sp³-hybridized carbons (Fsp3) is 0.517. The maximum Gasteiger partial charge on any atom is 0.262 e. The molecule has 2 aromatic rings. The lowest BCUT2D eigenvalue weighted by molar-refractivity contribution is -0.133. The van der Waals surface area contributed by atoms with Gasteiger partial charge >= 0.3 is 0 Å². The summed E-state index contributed by atoms with van der Waals surface area (Å²) in [5.74, 6) is -0.666. The van der Waals surface area contributed by atoms with Crippen LogP contribution in [0.2, 0.25) is 0 Å². The van der Waals surface area contributed by atoms with Gasteiger partial charge in [-0.2, -0.15) is 0 Å². The zero-order valence-electron chi connectivity index (χ0n) is 22.8. The average molecular weight is 547 g/mol. The minimum atomic E-state index is -0.462. The van der Waals surface area contributed by atoms with E-state index in [4.69, 9.17) is 4.74 Å². The van der Waals surface area contributed by atoms with Crippen molar-refractivity contribution in [3.8, 4) is 11.5 Å². The number of hydrogen-bond donors (Lipinski definition) is 4. The van der Waals surface area contributed by atoms with Crippen molar-refractivity contribution >= 4 is 17.5 Å². The molecule has 0 spiro atoms. The number of carbonyl (C=O) groups excluding carboxylic acids is 2. The predicted molar refractivity (Wildman–Crippen MR) is 147 cm³/mol. The number of halogens is 2. The van der Waals surface area contributed by atoms with Gasteiger partial charge in [-0.15, -0.1) is 0 Å². The molecule has 1 aliphatic rings. The minimum Gasteiger partial charge on any atom is -0.506 e. The molecule has 10 heteroatoms. The standard InChI is InChI=1S/C29H40F2N4O4/c1-3-4-5-20(2)35(27(38)12-15-32-14-11-22-18-23(30)7-8-24(22)31)17-16-33-13-10-21-6-9-25(36)28-29(21)39-19-26(37)34-28/h6-9,18,20,32-33,36H,3-5,10-17,19H2,1-2H3,(H,34,37)/t20-/m1/s1. The number of nitrogens with one attached hydrogen (secondary N) is 3. The summed E-state index contributed by atoms with van der Waals surface area (Å²) >= 11 is 0. The number of anilines is 1. The fourth-order valence-corrected chi connectivity index (χ4v) is 4.63. The molecular weight excluding hydrogens is 506 g/mol. The van der Waals surface area contributed by atoms with Crippen molar-refractivity contribution in [2.75, 3.05) is 44.6 Å². The quantitative estimate of drug-likeness (QED) is 0.189. The highest BCUT2D eigenvalue weighted by Crippen LogP contribution is 2.39. The molecule has 39 heavy (non-hydrogen) atoms. The van der Waals surface area contributed by atoms with E-state index in [2.05, 4.69) is 29.8 Å². The molecule has 214 valence electrons. The summed E-state index contributed by atoms with van der Waals surface area (Å²) in [5, 5.41) is 19.2. The smallest absolute Gasteiger partial charge is 0.262 e. The van der Waals surface area contributed by atoms with E-state index >= 15 is 0 Å². The van der Waals surface area contributed by atoms with Gasteiger partial charge in [0.2, 0.25) is 5.91 Å². The summed E-state index contributed by atoms with van der Waals surface area (Å²) in [4.78, 5) is 26.6. The van der Waals surface area contributed by atoms with Crippen molar-refractivity contribution in [2.24, 2.45) is 0 Å². The second-order valence-electron chi connectivity index (χ2n) is 9.85. The largest absolute Gasteiger partial charge is 0.506 e. The van der Waals surface area contributed by atoms with Crippen LogP contribution in [0.4, 0.5) is 14.5 Å². The van der Waals surface area contributed by atoms with Gasteiger partial charge in [-0.3, -0.25) is 9.59 Å². The average Bonchev–Trinajstić information content (AvgIpc) is 2.92. The topological polar surface area (TPSA) is 103 Å². The number of aromatic hydroxyl groups is 1. The zero-order valence-corrected chi connectivity index (χ0v) is 22.8. The number of unbranched alkanes of at least 4 members (excludes halogenated alkanes) is 1. The Morgan fingerprint density at radius 3 is 2.62 bits per heavy atom. The van der Waals surface area contributed by atoms with Gasteiger partial charge in [0, 0.05) is 32.1 Å². The highest BCUT2D eigenvalue weighted by molar-refractivity contribution is 5.97. The van der Waals surface area contributed by atoms with Crippen LogP contribution >= 0.6 is 0 Å². The van der Waals surface area contributed by atoms with Crippen LogP contribution in [0, 0.1) is 11.6 Å². The third-order valence-electron chi connectivity index (χ3n) is 6.85. The maximum absolute atomic E-state index is 13.8. The van der Waals surface area contributed by atoms with Gasteiger partial charge < -0.3 is 30.7 Å². The van der Waals surface area contributed by atoms with Crippen LogP contribution in [0.25, 0.3) is 0 Å². The Hall–Kier alpha value is -3.24. The van der Waals surface area contributed by atoms with Crippen molar-refractivity contribution in [1.82, 2.24) is 15.5 Å². The van der Waals surface area contributed by atoms with Crippen LogP contribution in [-0.2, 0) is 22.4 Å². The number of ether oxygens (including phenoxy) is 1. The van der Waals surface area contributed by atoms with Crippen molar-refractivity contribution in [3.63, 3.8) is 0 Å². The number of amides is 2. The molecule has 0 unspecified atom stereocenters. The molecule has 2 amide bonds. The number of phenols is 1. The lowest BCUT2D eigenvalue weighted by atomic mass is 10.1. The maximum atomic E-state index is 13.8. The zero-order chi connectivity index (χ0) is 28.2. The van der Waals surface area contributed by atoms with Crippen LogP contribution in [0.15, 0.2) is 30.3 Å². The fourth-order valence-electron chi connectivity index (χ4n) is 4.63. The molecule has 2 aromatic carbocycles. The molecule has 0 saturated heterocycles. The lowest BCUT2D eigenvalue weighted by Gasteiger charge is -2.30.